The minimum atomic E-state index is 0.701. The van der Waals surface area contributed by atoms with Crippen LogP contribution in [0.25, 0.3) is 0 Å². The molecule has 0 aromatic carbocycles. The van der Waals surface area contributed by atoms with E-state index in [1.54, 1.807) is 0 Å². The number of fused-ring (bicyclic) bond motifs is 3. The Kier molecular flexibility index (Phi) is 1.76. The maximum absolute atomic E-state index is 3.53. The van der Waals surface area contributed by atoms with Gasteiger partial charge >= 0.3 is 0 Å². The Balaban J connectivity index is 2.11. The Hall–Kier alpha value is -0.300. The molecule has 10 heavy (non-hydrogen) atoms. The molecule has 56 valence electrons. The zero-order valence-corrected chi connectivity index (χ0v) is 6.34. The molecule has 0 aromatic rings. The topological polar surface area (TPSA) is 12.0 Å². The van der Waals surface area contributed by atoms with Gasteiger partial charge in [-0.15, -0.1) is 0 Å². The van der Waals surface area contributed by atoms with E-state index in [2.05, 4.69) is 17.5 Å². The molecule has 0 saturated carbocycles. The van der Waals surface area contributed by atoms with Crippen molar-refractivity contribution in [3.63, 3.8) is 0 Å². The van der Waals surface area contributed by atoms with Crippen LogP contribution < -0.4 is 5.32 Å². The predicted octanol–water partition coefficient (Wildman–Crippen LogP) is 1.70. The first kappa shape index (κ1) is 6.41. The highest BCUT2D eigenvalue weighted by atomic mass is 14.9. The molecule has 0 radical (unpaired) electrons. The Morgan fingerprint density at radius 2 is 2.20 bits per heavy atom. The van der Waals surface area contributed by atoms with Crippen LogP contribution in [0, 0.1) is 5.92 Å². The Morgan fingerprint density at radius 1 is 1.20 bits per heavy atom. The van der Waals surface area contributed by atoms with Crippen molar-refractivity contribution in [3.05, 3.63) is 12.2 Å². The van der Waals surface area contributed by atoms with Gasteiger partial charge in [-0.05, 0) is 38.1 Å². The molecule has 2 atom stereocenters. The van der Waals surface area contributed by atoms with Gasteiger partial charge in [-0.3, -0.25) is 0 Å². The van der Waals surface area contributed by atoms with Crippen molar-refractivity contribution in [2.24, 2.45) is 5.92 Å². The first-order valence-corrected chi connectivity index (χ1v) is 4.35. The molecule has 0 aromatic heterocycles. The lowest BCUT2D eigenvalue weighted by atomic mass is 9.98. The number of allylic oxidation sites excluding steroid dienone is 1. The fraction of sp³-hybridized carbons (Fsp3) is 0.778. The summed E-state index contributed by atoms with van der Waals surface area (Å²) in [5.41, 5.74) is 0. The fourth-order valence-electron chi connectivity index (χ4n) is 1.97. The van der Waals surface area contributed by atoms with Gasteiger partial charge in [0.05, 0.1) is 0 Å². The third-order valence-corrected chi connectivity index (χ3v) is 2.68. The van der Waals surface area contributed by atoms with Crippen LogP contribution in [0.5, 0.6) is 0 Å². The minimum Gasteiger partial charge on any atom is -0.311 e. The van der Waals surface area contributed by atoms with Crippen molar-refractivity contribution in [2.45, 2.75) is 31.7 Å². The van der Waals surface area contributed by atoms with Gasteiger partial charge in [0.2, 0.25) is 0 Å². The molecule has 2 bridgehead atoms. The standard InChI is InChI=1S/C9H15N/c1-2-8-4-5-9(3-1)10-7-6-8/h1,3,8-10H,2,4-7H2. The summed E-state index contributed by atoms with van der Waals surface area (Å²) in [4.78, 5) is 0. The van der Waals surface area contributed by atoms with E-state index in [0.717, 1.165) is 5.92 Å². The molecule has 2 rings (SSSR count). The maximum Gasteiger partial charge on any atom is 0.0250 e. The number of hydrogen-bond acceptors (Lipinski definition) is 1. The van der Waals surface area contributed by atoms with Crippen LogP contribution in [0.1, 0.15) is 25.7 Å². The molecule has 1 N–H and O–H groups in total. The fourth-order valence-corrected chi connectivity index (χ4v) is 1.97. The summed E-state index contributed by atoms with van der Waals surface area (Å²) in [6.45, 7) is 1.24. The molecule has 2 aliphatic rings. The van der Waals surface area contributed by atoms with Gasteiger partial charge in [0.1, 0.15) is 0 Å². The molecule has 1 aliphatic heterocycles. The zero-order chi connectivity index (χ0) is 6.81. The summed E-state index contributed by atoms with van der Waals surface area (Å²) >= 11 is 0. The van der Waals surface area contributed by atoms with Crippen molar-refractivity contribution < 1.29 is 0 Å². The molecule has 1 fully saturated rings. The highest BCUT2D eigenvalue weighted by Gasteiger charge is 2.17. The summed E-state index contributed by atoms with van der Waals surface area (Å²) in [5, 5.41) is 3.53. The van der Waals surface area contributed by atoms with Gasteiger partial charge < -0.3 is 5.32 Å². The molecule has 0 amide bonds. The van der Waals surface area contributed by atoms with Gasteiger partial charge in [-0.25, -0.2) is 0 Å². The highest BCUT2D eigenvalue weighted by Crippen LogP contribution is 2.23. The minimum absolute atomic E-state index is 0.701. The van der Waals surface area contributed by atoms with Gasteiger partial charge in [0, 0.05) is 6.04 Å². The van der Waals surface area contributed by atoms with Crippen LogP contribution >= 0.6 is 0 Å². The van der Waals surface area contributed by atoms with E-state index in [1.165, 1.54) is 32.2 Å². The summed E-state index contributed by atoms with van der Waals surface area (Å²) in [7, 11) is 0. The van der Waals surface area contributed by atoms with Crippen molar-refractivity contribution in [1.29, 1.82) is 0 Å². The molecule has 0 spiro atoms. The molecule has 2 unspecified atom stereocenters. The summed E-state index contributed by atoms with van der Waals surface area (Å²) < 4.78 is 0. The van der Waals surface area contributed by atoms with E-state index < -0.39 is 0 Å². The van der Waals surface area contributed by atoms with Gasteiger partial charge in [-0.1, -0.05) is 12.2 Å². The SMILES string of the molecule is C1=CC2CCC(C1)CCN2. The van der Waals surface area contributed by atoms with Gasteiger partial charge in [0.25, 0.3) is 0 Å². The second-order valence-electron chi connectivity index (χ2n) is 3.46. The summed E-state index contributed by atoms with van der Waals surface area (Å²) in [6.07, 6.45) is 10.2. The van der Waals surface area contributed by atoms with E-state index in [-0.39, 0.29) is 0 Å². The molecule has 1 heterocycles. The van der Waals surface area contributed by atoms with Crippen molar-refractivity contribution in [2.75, 3.05) is 6.54 Å². The van der Waals surface area contributed by atoms with Crippen LogP contribution in [-0.2, 0) is 0 Å². The number of rotatable bonds is 0. The highest BCUT2D eigenvalue weighted by molar-refractivity contribution is 4.99. The molecule has 1 nitrogen and oxygen atoms in total. The number of hydrogen-bond donors (Lipinski definition) is 1. The first-order chi connectivity index (χ1) is 4.95. The van der Waals surface area contributed by atoms with Crippen LogP contribution in [-0.4, -0.2) is 12.6 Å². The van der Waals surface area contributed by atoms with E-state index >= 15 is 0 Å². The van der Waals surface area contributed by atoms with E-state index in [1.807, 2.05) is 0 Å². The lowest BCUT2D eigenvalue weighted by Crippen LogP contribution is -2.26. The molecule has 1 aliphatic carbocycles. The predicted molar refractivity (Wildman–Crippen MR) is 42.9 cm³/mol. The third kappa shape index (κ3) is 1.24. The molecular formula is C9H15N. The summed E-state index contributed by atoms with van der Waals surface area (Å²) in [5.74, 6) is 0.983. The van der Waals surface area contributed by atoms with Crippen molar-refractivity contribution in [1.82, 2.24) is 5.32 Å². The van der Waals surface area contributed by atoms with Crippen LogP contribution in [0.3, 0.4) is 0 Å². The Labute approximate surface area is 62.5 Å². The van der Waals surface area contributed by atoms with Crippen molar-refractivity contribution in [3.8, 4) is 0 Å². The second-order valence-corrected chi connectivity index (χ2v) is 3.46. The Bertz CT molecular complexity index is 140. The number of nitrogens with one attached hydrogen (secondary N) is 1. The van der Waals surface area contributed by atoms with E-state index in [0.29, 0.717) is 6.04 Å². The quantitative estimate of drug-likeness (QED) is 0.501. The van der Waals surface area contributed by atoms with Gasteiger partial charge in [-0.2, -0.15) is 0 Å². The molecular weight excluding hydrogens is 122 g/mol. The largest absolute Gasteiger partial charge is 0.311 e. The monoisotopic (exact) mass is 137 g/mol. The Morgan fingerprint density at radius 3 is 3.20 bits per heavy atom. The lowest BCUT2D eigenvalue weighted by molar-refractivity contribution is 0.481. The summed E-state index contributed by atoms with van der Waals surface area (Å²) in [6, 6.07) is 0.701. The maximum atomic E-state index is 3.53. The van der Waals surface area contributed by atoms with Crippen LogP contribution in [0.15, 0.2) is 12.2 Å². The lowest BCUT2D eigenvalue weighted by Gasteiger charge is -2.11. The second kappa shape index (κ2) is 2.75. The first-order valence-electron chi connectivity index (χ1n) is 4.35. The van der Waals surface area contributed by atoms with Crippen LogP contribution in [0.4, 0.5) is 0 Å². The average Bonchev–Trinajstić information content (AvgIpc) is 2.17. The third-order valence-electron chi connectivity index (χ3n) is 2.68. The van der Waals surface area contributed by atoms with Crippen LogP contribution in [0.2, 0.25) is 0 Å². The smallest absolute Gasteiger partial charge is 0.0250 e. The van der Waals surface area contributed by atoms with E-state index in [9.17, 15) is 0 Å². The normalized spacial score (nSPS) is 39.2. The molecule has 1 heteroatoms. The van der Waals surface area contributed by atoms with Crippen molar-refractivity contribution >= 4 is 0 Å². The molecule has 1 saturated heterocycles. The van der Waals surface area contributed by atoms with Gasteiger partial charge in [0.15, 0.2) is 0 Å². The van der Waals surface area contributed by atoms with E-state index in [4.69, 9.17) is 0 Å². The zero-order valence-electron chi connectivity index (χ0n) is 6.34. The average molecular weight is 137 g/mol.